The number of thioether (sulfide) groups is 1. The lowest BCUT2D eigenvalue weighted by molar-refractivity contribution is -0.120. The van der Waals surface area contributed by atoms with E-state index in [4.69, 9.17) is 0 Å². The molecular formula is C26H21F2N3O2S. The molecular weight excluding hydrogens is 456 g/mol. The van der Waals surface area contributed by atoms with Gasteiger partial charge in [-0.05, 0) is 67.3 Å². The molecule has 0 bridgehead atoms. The van der Waals surface area contributed by atoms with Crippen molar-refractivity contribution in [3.8, 4) is 5.69 Å². The van der Waals surface area contributed by atoms with Crippen LogP contribution >= 0.6 is 11.8 Å². The second kappa shape index (κ2) is 9.02. The number of hydrogen-bond donors (Lipinski definition) is 1. The van der Waals surface area contributed by atoms with Crippen molar-refractivity contribution in [3.05, 3.63) is 99.8 Å². The van der Waals surface area contributed by atoms with E-state index < -0.39 is 16.9 Å². The lowest BCUT2D eigenvalue weighted by atomic mass is 10.1. The molecule has 1 unspecified atom stereocenters. The molecule has 1 N–H and O–H groups in total. The summed E-state index contributed by atoms with van der Waals surface area (Å²) < 4.78 is 29.4. The Morgan fingerprint density at radius 2 is 1.82 bits per heavy atom. The second-order valence-electron chi connectivity index (χ2n) is 8.32. The van der Waals surface area contributed by atoms with Crippen molar-refractivity contribution in [1.82, 2.24) is 14.9 Å². The summed E-state index contributed by atoms with van der Waals surface area (Å²) in [6, 6.07) is 17.2. The van der Waals surface area contributed by atoms with Gasteiger partial charge in [0.1, 0.15) is 16.9 Å². The highest BCUT2D eigenvalue weighted by Gasteiger charge is 2.30. The van der Waals surface area contributed by atoms with Crippen LogP contribution in [0.15, 0.2) is 76.7 Å². The van der Waals surface area contributed by atoms with Crippen molar-refractivity contribution in [3.63, 3.8) is 0 Å². The van der Waals surface area contributed by atoms with Gasteiger partial charge < -0.3 is 5.32 Å². The lowest BCUT2D eigenvalue weighted by Crippen LogP contribution is -2.30. The Labute approximate surface area is 198 Å². The van der Waals surface area contributed by atoms with Gasteiger partial charge in [-0.25, -0.2) is 13.8 Å². The minimum atomic E-state index is -0.782. The number of amides is 1. The molecule has 4 aromatic rings. The highest BCUT2D eigenvalue weighted by atomic mass is 32.2. The fourth-order valence-electron chi connectivity index (χ4n) is 3.66. The van der Waals surface area contributed by atoms with Crippen LogP contribution in [-0.4, -0.2) is 21.5 Å². The number of aryl methyl sites for hydroxylation is 1. The number of hydrogen-bond acceptors (Lipinski definition) is 4. The zero-order chi connectivity index (χ0) is 23.8. The molecule has 0 aliphatic heterocycles. The molecule has 0 radical (unpaired) electrons. The van der Waals surface area contributed by atoms with Crippen LogP contribution in [0, 0.1) is 18.6 Å². The van der Waals surface area contributed by atoms with E-state index in [2.05, 4.69) is 10.3 Å². The highest BCUT2D eigenvalue weighted by molar-refractivity contribution is 8.00. The third-order valence-electron chi connectivity index (χ3n) is 5.72. The molecule has 8 heteroatoms. The van der Waals surface area contributed by atoms with Gasteiger partial charge in [-0.1, -0.05) is 42.1 Å². The molecule has 1 aliphatic carbocycles. The molecule has 34 heavy (non-hydrogen) atoms. The number of rotatable bonds is 6. The average molecular weight is 478 g/mol. The minimum absolute atomic E-state index is 0.119. The van der Waals surface area contributed by atoms with Crippen LogP contribution in [0.1, 0.15) is 29.2 Å². The van der Waals surface area contributed by atoms with Crippen molar-refractivity contribution < 1.29 is 13.6 Å². The van der Waals surface area contributed by atoms with Gasteiger partial charge in [0.2, 0.25) is 5.91 Å². The first-order chi connectivity index (χ1) is 16.4. The fraction of sp³-hybridized carbons (Fsp3) is 0.192. The summed E-state index contributed by atoms with van der Waals surface area (Å²) in [5, 5.41) is 2.83. The molecule has 3 aromatic carbocycles. The first kappa shape index (κ1) is 22.3. The number of aromatic nitrogens is 2. The van der Waals surface area contributed by atoms with Gasteiger partial charge >= 0.3 is 0 Å². The van der Waals surface area contributed by atoms with Crippen LogP contribution in [0.5, 0.6) is 0 Å². The van der Waals surface area contributed by atoms with E-state index in [1.54, 1.807) is 55.5 Å². The Balaban J connectivity index is 1.67. The zero-order valence-corrected chi connectivity index (χ0v) is 19.1. The summed E-state index contributed by atoms with van der Waals surface area (Å²) in [6.45, 7) is 1.64. The first-order valence-corrected chi connectivity index (χ1v) is 11.8. The lowest BCUT2D eigenvalue weighted by Gasteiger charge is -2.19. The molecule has 5 nitrogen and oxygen atoms in total. The normalized spacial score (nSPS) is 14.2. The van der Waals surface area contributed by atoms with Gasteiger partial charge in [-0.3, -0.25) is 14.2 Å². The Bertz CT molecular complexity index is 1450. The van der Waals surface area contributed by atoms with Gasteiger partial charge in [0.05, 0.1) is 16.6 Å². The average Bonchev–Trinajstić information content (AvgIpc) is 3.64. The molecule has 1 fully saturated rings. The molecule has 1 aromatic heterocycles. The van der Waals surface area contributed by atoms with Crippen LogP contribution in [-0.2, 0) is 4.79 Å². The second-order valence-corrected chi connectivity index (χ2v) is 9.39. The van der Waals surface area contributed by atoms with Crippen LogP contribution in [0.4, 0.5) is 8.78 Å². The number of carbonyl (C=O) groups excluding carboxylic acids is 1. The van der Waals surface area contributed by atoms with Gasteiger partial charge in [0.25, 0.3) is 5.56 Å². The Kier molecular flexibility index (Phi) is 5.91. The summed E-state index contributed by atoms with van der Waals surface area (Å²) in [5.41, 5.74) is 1.45. The van der Waals surface area contributed by atoms with E-state index in [0.717, 1.165) is 24.6 Å². The standard InChI is InChI=1S/C26H21F2N3O2S/c1-15-6-13-19(14-21(15)28)31-25(33)20-4-2-3-5-22(20)30-26(31)34-23(24(32)29-18-11-12-18)16-7-9-17(27)10-8-16/h2-10,13-14,18,23H,11-12H2,1H3,(H,29,32). The first-order valence-electron chi connectivity index (χ1n) is 10.9. The maximum absolute atomic E-state index is 14.4. The Morgan fingerprint density at radius 1 is 1.09 bits per heavy atom. The third kappa shape index (κ3) is 4.46. The number of para-hydroxylation sites is 1. The maximum atomic E-state index is 14.4. The SMILES string of the molecule is Cc1ccc(-n2c(SC(C(=O)NC3CC3)c3ccc(F)cc3)nc3ccccc3c2=O)cc1F. The smallest absolute Gasteiger partial charge is 0.266 e. The summed E-state index contributed by atoms with van der Waals surface area (Å²) >= 11 is 1.08. The Hall–Kier alpha value is -3.52. The number of benzene rings is 3. The van der Waals surface area contributed by atoms with E-state index in [9.17, 15) is 18.4 Å². The van der Waals surface area contributed by atoms with E-state index in [1.165, 1.54) is 22.8 Å². The van der Waals surface area contributed by atoms with Crippen molar-refractivity contribution in [2.45, 2.75) is 36.2 Å². The maximum Gasteiger partial charge on any atom is 0.266 e. The molecule has 1 aliphatic rings. The van der Waals surface area contributed by atoms with Gasteiger partial charge in [-0.15, -0.1) is 0 Å². The van der Waals surface area contributed by atoms with Crippen molar-refractivity contribution in [2.24, 2.45) is 0 Å². The summed E-state index contributed by atoms with van der Waals surface area (Å²) in [4.78, 5) is 31.4. The monoisotopic (exact) mass is 477 g/mol. The van der Waals surface area contributed by atoms with Crippen LogP contribution in [0.2, 0.25) is 0 Å². The van der Waals surface area contributed by atoms with Crippen LogP contribution in [0.25, 0.3) is 16.6 Å². The molecule has 5 rings (SSSR count). The van der Waals surface area contributed by atoms with Crippen molar-refractivity contribution >= 4 is 28.6 Å². The predicted molar refractivity (Wildman–Crippen MR) is 128 cm³/mol. The minimum Gasteiger partial charge on any atom is -0.352 e. The third-order valence-corrected chi connectivity index (χ3v) is 6.92. The summed E-state index contributed by atoms with van der Waals surface area (Å²) in [6.07, 6.45) is 1.82. The molecule has 1 atom stereocenters. The van der Waals surface area contributed by atoms with Gasteiger partial charge in [-0.2, -0.15) is 0 Å². The van der Waals surface area contributed by atoms with E-state index in [1.807, 2.05) is 0 Å². The zero-order valence-electron chi connectivity index (χ0n) is 18.3. The molecule has 1 saturated carbocycles. The molecule has 0 saturated heterocycles. The predicted octanol–water partition coefficient (Wildman–Crippen LogP) is 5.08. The quantitative estimate of drug-likeness (QED) is 0.311. The Morgan fingerprint density at radius 3 is 2.53 bits per heavy atom. The number of carbonyl (C=O) groups is 1. The number of halogens is 2. The highest BCUT2D eigenvalue weighted by Crippen LogP contribution is 2.37. The molecule has 0 spiro atoms. The topological polar surface area (TPSA) is 64.0 Å². The number of nitrogens with one attached hydrogen (secondary N) is 1. The van der Waals surface area contributed by atoms with E-state index in [-0.39, 0.29) is 22.7 Å². The molecule has 1 heterocycles. The largest absolute Gasteiger partial charge is 0.352 e. The number of nitrogens with zero attached hydrogens (tertiary/aromatic N) is 2. The molecule has 1 amide bonds. The van der Waals surface area contributed by atoms with Crippen LogP contribution < -0.4 is 10.9 Å². The van der Waals surface area contributed by atoms with E-state index in [0.29, 0.717) is 27.7 Å². The fourth-order valence-corrected chi connectivity index (χ4v) is 4.78. The van der Waals surface area contributed by atoms with Crippen molar-refractivity contribution in [2.75, 3.05) is 0 Å². The number of fused-ring (bicyclic) bond motifs is 1. The van der Waals surface area contributed by atoms with Crippen LogP contribution in [0.3, 0.4) is 0 Å². The van der Waals surface area contributed by atoms with E-state index >= 15 is 0 Å². The summed E-state index contributed by atoms with van der Waals surface area (Å²) in [5.74, 6) is -1.11. The van der Waals surface area contributed by atoms with Gasteiger partial charge in [0.15, 0.2) is 5.16 Å². The summed E-state index contributed by atoms with van der Waals surface area (Å²) in [7, 11) is 0. The molecule has 172 valence electrons. The van der Waals surface area contributed by atoms with Crippen molar-refractivity contribution in [1.29, 1.82) is 0 Å². The van der Waals surface area contributed by atoms with Gasteiger partial charge in [0, 0.05) is 6.04 Å².